The molecule has 0 saturated carbocycles. The number of fused-ring (bicyclic) bond motifs is 9. The number of hydrogen-bond acceptors (Lipinski definition) is 4. The van der Waals surface area contributed by atoms with Crippen molar-refractivity contribution in [3.05, 3.63) is 97.1 Å². The average Bonchev–Trinajstić information content (AvgIpc) is 3.55. The SMILES string of the molecule is OB(O)c1ccc2oc3cc4oc5ccc(-n6c7ccccc7c7ccccc76)cc5c4cc3c2c1. The van der Waals surface area contributed by atoms with E-state index in [2.05, 4.69) is 71.3 Å². The van der Waals surface area contributed by atoms with Gasteiger partial charge in [-0.05, 0) is 47.9 Å². The summed E-state index contributed by atoms with van der Waals surface area (Å²) in [6.45, 7) is 0. The van der Waals surface area contributed by atoms with Crippen LogP contribution >= 0.6 is 0 Å². The molecule has 5 aromatic carbocycles. The third kappa shape index (κ3) is 2.62. The molecular weight excluding hydrogens is 449 g/mol. The van der Waals surface area contributed by atoms with Gasteiger partial charge in [-0.3, -0.25) is 0 Å². The predicted octanol–water partition coefficient (Wildman–Crippen LogP) is 6.26. The lowest BCUT2D eigenvalue weighted by Gasteiger charge is -2.08. The first kappa shape index (κ1) is 19.8. The van der Waals surface area contributed by atoms with Crippen molar-refractivity contribution in [2.45, 2.75) is 0 Å². The standard InChI is InChI=1S/C30H18BNO4/c33-31(34)17-9-11-27-21(13-17)23-15-24-22-14-18(10-12-28(22)36-30(24)16-29(23)35-27)32-25-7-3-1-5-19(25)20-6-2-4-8-26(20)32/h1-16,33-34H. The molecule has 0 saturated heterocycles. The minimum absolute atomic E-state index is 0.427. The van der Waals surface area contributed by atoms with Crippen LogP contribution < -0.4 is 5.46 Å². The lowest BCUT2D eigenvalue weighted by Crippen LogP contribution is -2.29. The number of aromatic nitrogens is 1. The molecule has 8 aromatic rings. The monoisotopic (exact) mass is 467 g/mol. The van der Waals surface area contributed by atoms with Gasteiger partial charge in [0.2, 0.25) is 0 Å². The van der Waals surface area contributed by atoms with E-state index in [-0.39, 0.29) is 0 Å². The zero-order chi connectivity index (χ0) is 24.0. The van der Waals surface area contributed by atoms with Gasteiger partial charge >= 0.3 is 7.12 Å². The molecule has 0 aliphatic heterocycles. The van der Waals surface area contributed by atoms with Gasteiger partial charge in [-0.25, -0.2) is 0 Å². The molecule has 3 aromatic heterocycles. The third-order valence-corrected chi connectivity index (χ3v) is 7.21. The Morgan fingerprint density at radius 2 is 1.06 bits per heavy atom. The fraction of sp³-hybridized carbons (Fsp3) is 0. The smallest absolute Gasteiger partial charge is 0.456 e. The molecule has 0 amide bonds. The summed E-state index contributed by atoms with van der Waals surface area (Å²) in [7, 11) is -1.54. The normalized spacial score (nSPS) is 12.2. The van der Waals surface area contributed by atoms with Gasteiger partial charge in [0.15, 0.2) is 0 Å². The van der Waals surface area contributed by atoms with Gasteiger partial charge in [-0.1, -0.05) is 48.5 Å². The van der Waals surface area contributed by atoms with E-state index < -0.39 is 7.12 Å². The highest BCUT2D eigenvalue weighted by Crippen LogP contribution is 2.38. The van der Waals surface area contributed by atoms with Crippen LogP contribution in [-0.2, 0) is 0 Å². The molecular formula is C30H18BNO4. The van der Waals surface area contributed by atoms with Crippen molar-refractivity contribution in [2.75, 3.05) is 0 Å². The first-order chi connectivity index (χ1) is 17.7. The van der Waals surface area contributed by atoms with E-state index in [0.717, 1.165) is 49.4 Å². The molecule has 0 fully saturated rings. The van der Waals surface area contributed by atoms with E-state index >= 15 is 0 Å². The van der Waals surface area contributed by atoms with Crippen LogP contribution in [0, 0.1) is 0 Å². The van der Waals surface area contributed by atoms with Crippen molar-refractivity contribution < 1.29 is 18.9 Å². The fourth-order valence-electron chi connectivity index (χ4n) is 5.55. The number of furan rings is 2. The maximum absolute atomic E-state index is 9.65. The molecule has 5 nitrogen and oxygen atoms in total. The molecule has 8 rings (SSSR count). The van der Waals surface area contributed by atoms with Crippen LogP contribution in [0.5, 0.6) is 0 Å². The number of rotatable bonds is 2. The summed E-state index contributed by atoms with van der Waals surface area (Å²) in [5.74, 6) is 0. The van der Waals surface area contributed by atoms with Crippen molar-refractivity contribution in [2.24, 2.45) is 0 Å². The molecule has 0 bridgehead atoms. The quantitative estimate of drug-likeness (QED) is 0.295. The van der Waals surface area contributed by atoms with Crippen LogP contribution in [0.1, 0.15) is 0 Å². The Bertz CT molecular complexity index is 2090. The minimum atomic E-state index is -1.54. The Morgan fingerprint density at radius 3 is 1.69 bits per heavy atom. The van der Waals surface area contributed by atoms with E-state index in [0.29, 0.717) is 16.6 Å². The maximum Gasteiger partial charge on any atom is 0.488 e. The van der Waals surface area contributed by atoms with E-state index in [4.69, 9.17) is 8.83 Å². The number of nitrogens with zero attached hydrogens (tertiary/aromatic N) is 1. The van der Waals surface area contributed by atoms with E-state index in [1.165, 1.54) is 10.8 Å². The van der Waals surface area contributed by atoms with Crippen molar-refractivity contribution >= 4 is 78.3 Å². The van der Waals surface area contributed by atoms with Gasteiger partial charge in [0.25, 0.3) is 0 Å². The maximum atomic E-state index is 9.65. The first-order valence-electron chi connectivity index (χ1n) is 11.8. The summed E-state index contributed by atoms with van der Waals surface area (Å²) in [6.07, 6.45) is 0. The Hall–Kier alpha value is -4.52. The zero-order valence-electron chi connectivity index (χ0n) is 19.0. The Kier molecular flexibility index (Phi) is 3.85. The number of hydrogen-bond donors (Lipinski definition) is 2. The second-order valence-electron chi connectivity index (χ2n) is 9.23. The summed E-state index contributed by atoms with van der Waals surface area (Å²) in [6, 6.07) is 32.4. The Balaban J connectivity index is 1.43. The molecule has 0 aliphatic rings. The van der Waals surface area contributed by atoms with E-state index in [9.17, 15) is 10.0 Å². The molecule has 170 valence electrons. The van der Waals surface area contributed by atoms with E-state index in [1.807, 2.05) is 12.1 Å². The van der Waals surface area contributed by atoms with Crippen molar-refractivity contribution in [1.82, 2.24) is 4.57 Å². The molecule has 0 unspecified atom stereocenters. The zero-order valence-corrected chi connectivity index (χ0v) is 19.0. The van der Waals surface area contributed by atoms with Crippen LogP contribution in [0.2, 0.25) is 0 Å². The van der Waals surface area contributed by atoms with Crippen molar-refractivity contribution in [3.8, 4) is 5.69 Å². The highest BCUT2D eigenvalue weighted by Gasteiger charge is 2.18. The molecule has 0 aliphatic carbocycles. The summed E-state index contributed by atoms with van der Waals surface area (Å²) in [5, 5.41) is 25.5. The molecule has 36 heavy (non-hydrogen) atoms. The molecule has 2 N–H and O–H groups in total. The molecule has 0 atom stereocenters. The highest BCUT2D eigenvalue weighted by molar-refractivity contribution is 6.59. The second-order valence-corrected chi connectivity index (χ2v) is 9.23. The van der Waals surface area contributed by atoms with Gasteiger partial charge in [0.05, 0.1) is 11.0 Å². The van der Waals surface area contributed by atoms with E-state index in [1.54, 1.807) is 18.2 Å². The third-order valence-electron chi connectivity index (χ3n) is 7.21. The largest absolute Gasteiger partial charge is 0.488 e. The van der Waals surface area contributed by atoms with Crippen LogP contribution in [-0.4, -0.2) is 21.7 Å². The summed E-state index contributed by atoms with van der Waals surface area (Å²) >= 11 is 0. The predicted molar refractivity (Wildman–Crippen MR) is 145 cm³/mol. The lowest BCUT2D eigenvalue weighted by molar-refractivity contribution is 0.426. The van der Waals surface area contributed by atoms with Crippen LogP contribution in [0.4, 0.5) is 0 Å². The van der Waals surface area contributed by atoms with Crippen LogP contribution in [0.3, 0.4) is 0 Å². The van der Waals surface area contributed by atoms with Gasteiger partial charge < -0.3 is 23.4 Å². The Labute approximate surface area is 204 Å². The van der Waals surface area contributed by atoms with Gasteiger partial charge in [-0.15, -0.1) is 0 Å². The summed E-state index contributed by atoms with van der Waals surface area (Å²) in [5.41, 5.74) is 6.74. The average molecular weight is 467 g/mol. The number of benzene rings is 5. The second kappa shape index (κ2) is 7.01. The van der Waals surface area contributed by atoms with Gasteiger partial charge in [0, 0.05) is 44.1 Å². The minimum Gasteiger partial charge on any atom is -0.456 e. The number of para-hydroxylation sites is 2. The topological polar surface area (TPSA) is 71.7 Å². The highest BCUT2D eigenvalue weighted by atomic mass is 16.4. The summed E-state index contributed by atoms with van der Waals surface area (Å²) in [4.78, 5) is 0. The fourth-order valence-corrected chi connectivity index (χ4v) is 5.55. The van der Waals surface area contributed by atoms with Crippen molar-refractivity contribution in [3.63, 3.8) is 0 Å². The molecule has 6 heteroatoms. The lowest BCUT2D eigenvalue weighted by atomic mass is 9.80. The van der Waals surface area contributed by atoms with Crippen LogP contribution in [0.25, 0.3) is 71.4 Å². The molecule has 0 spiro atoms. The summed E-state index contributed by atoms with van der Waals surface area (Å²) < 4.78 is 14.6. The Morgan fingerprint density at radius 1 is 0.500 bits per heavy atom. The molecule has 3 heterocycles. The van der Waals surface area contributed by atoms with Gasteiger partial charge in [-0.2, -0.15) is 0 Å². The molecule has 0 radical (unpaired) electrons. The first-order valence-corrected chi connectivity index (χ1v) is 11.8. The van der Waals surface area contributed by atoms with Gasteiger partial charge in [0.1, 0.15) is 22.3 Å². The van der Waals surface area contributed by atoms with Crippen LogP contribution in [0.15, 0.2) is 106 Å². The van der Waals surface area contributed by atoms with Crippen molar-refractivity contribution in [1.29, 1.82) is 0 Å².